The molecule has 0 unspecified atom stereocenters. The van der Waals surface area contributed by atoms with Gasteiger partial charge in [0, 0.05) is 17.3 Å². The van der Waals surface area contributed by atoms with Gasteiger partial charge >= 0.3 is 0 Å². The highest BCUT2D eigenvalue weighted by atomic mass is 16.6. The molecule has 0 aliphatic heterocycles. The Hall–Kier alpha value is -2.69. The number of aromatic nitrogens is 1. The maximum Gasteiger partial charge on any atom is 0.142 e. The maximum atomic E-state index is 5.36. The van der Waals surface area contributed by atoms with E-state index in [0.717, 1.165) is 22.5 Å². The van der Waals surface area contributed by atoms with Crippen molar-refractivity contribution in [1.82, 2.24) is 4.98 Å². The summed E-state index contributed by atoms with van der Waals surface area (Å²) in [6.07, 6.45) is 1.73. The van der Waals surface area contributed by atoms with E-state index in [-0.39, 0.29) is 0 Å². The second kappa shape index (κ2) is 7.93. The first-order valence-electron chi connectivity index (χ1n) is 6.96. The van der Waals surface area contributed by atoms with Crippen molar-refractivity contribution in [1.29, 1.82) is 0 Å². The van der Waals surface area contributed by atoms with Crippen LogP contribution >= 0.6 is 0 Å². The molecule has 0 aliphatic rings. The lowest BCUT2D eigenvalue weighted by atomic mass is 10.0. The summed E-state index contributed by atoms with van der Waals surface area (Å²) in [6.45, 7) is 4.13. The lowest BCUT2D eigenvalue weighted by Crippen LogP contribution is -2.10. The average Bonchev–Trinajstić information content (AvgIpc) is 2.54. The number of pyridine rings is 1. The van der Waals surface area contributed by atoms with Crippen molar-refractivity contribution in [2.24, 2.45) is 10.3 Å². The minimum atomic E-state index is 0.358. The Morgan fingerprint density at radius 1 is 1.05 bits per heavy atom. The second-order valence-electron chi connectivity index (χ2n) is 4.81. The Kier molecular flexibility index (Phi) is 5.65. The van der Waals surface area contributed by atoms with Crippen molar-refractivity contribution in [3.05, 3.63) is 65.5 Å². The number of oxime groups is 2. The lowest BCUT2D eigenvalue weighted by Gasteiger charge is -2.10. The van der Waals surface area contributed by atoms with Gasteiger partial charge in [0.25, 0.3) is 0 Å². The molecule has 22 heavy (non-hydrogen) atoms. The highest BCUT2D eigenvalue weighted by molar-refractivity contribution is 6.12. The number of hydrogen-bond acceptors (Lipinski definition) is 5. The van der Waals surface area contributed by atoms with Gasteiger partial charge in [0.1, 0.15) is 19.4 Å². The van der Waals surface area contributed by atoms with Gasteiger partial charge in [0.2, 0.25) is 0 Å². The molecule has 0 aliphatic carbocycles. The van der Waals surface area contributed by atoms with Gasteiger partial charge in [-0.3, -0.25) is 4.98 Å². The molecule has 0 spiro atoms. The fourth-order valence-corrected chi connectivity index (χ4v) is 1.94. The fraction of sp³-hybridized carbons (Fsp3) is 0.235. The standard InChI is InChI=1S/C17H19N3O2/c1-13(2)19-22-12-14-8-4-5-9-15(14)17(20-21-3)16-10-6-7-11-18-16/h4-11H,12H2,1-3H3/b20-17+. The number of benzene rings is 1. The van der Waals surface area contributed by atoms with Gasteiger partial charge in [0.05, 0.1) is 11.4 Å². The summed E-state index contributed by atoms with van der Waals surface area (Å²) in [5.74, 6) is 0. The van der Waals surface area contributed by atoms with E-state index in [2.05, 4.69) is 15.3 Å². The molecule has 5 heteroatoms. The number of nitrogens with zero attached hydrogens (tertiary/aromatic N) is 3. The van der Waals surface area contributed by atoms with Crippen molar-refractivity contribution in [3.8, 4) is 0 Å². The SMILES string of the molecule is CO/N=C(/c1ccccn1)c1ccccc1CON=C(C)C. The van der Waals surface area contributed by atoms with Crippen LogP contribution in [0, 0.1) is 0 Å². The Labute approximate surface area is 130 Å². The fourth-order valence-electron chi connectivity index (χ4n) is 1.94. The van der Waals surface area contributed by atoms with Gasteiger partial charge in [-0.2, -0.15) is 0 Å². The summed E-state index contributed by atoms with van der Waals surface area (Å²) in [4.78, 5) is 14.7. The second-order valence-corrected chi connectivity index (χ2v) is 4.81. The van der Waals surface area contributed by atoms with Crippen LogP contribution in [0.15, 0.2) is 59.0 Å². The molecule has 0 radical (unpaired) electrons. The summed E-state index contributed by atoms with van der Waals surface area (Å²) in [5, 5.41) is 8.10. The van der Waals surface area contributed by atoms with Crippen molar-refractivity contribution < 1.29 is 9.68 Å². The van der Waals surface area contributed by atoms with Crippen LogP contribution in [0.25, 0.3) is 0 Å². The predicted octanol–water partition coefficient (Wildman–Crippen LogP) is 3.39. The van der Waals surface area contributed by atoms with E-state index in [1.165, 1.54) is 7.11 Å². The topological polar surface area (TPSA) is 56.1 Å². The molecular formula is C17H19N3O2. The van der Waals surface area contributed by atoms with Crippen molar-refractivity contribution in [2.45, 2.75) is 20.5 Å². The third-order valence-corrected chi connectivity index (χ3v) is 2.83. The smallest absolute Gasteiger partial charge is 0.142 e. The van der Waals surface area contributed by atoms with Crippen LogP contribution in [0.3, 0.4) is 0 Å². The van der Waals surface area contributed by atoms with Crippen LogP contribution in [-0.4, -0.2) is 23.5 Å². The van der Waals surface area contributed by atoms with Gasteiger partial charge in [-0.15, -0.1) is 0 Å². The summed E-state index contributed by atoms with van der Waals surface area (Å²) in [7, 11) is 1.52. The lowest BCUT2D eigenvalue weighted by molar-refractivity contribution is 0.130. The first-order valence-corrected chi connectivity index (χ1v) is 6.96. The molecule has 0 fully saturated rings. The Bertz CT molecular complexity index is 663. The molecule has 0 bridgehead atoms. The molecule has 5 nitrogen and oxygen atoms in total. The zero-order valence-electron chi connectivity index (χ0n) is 13.0. The van der Waals surface area contributed by atoms with Gasteiger partial charge < -0.3 is 9.68 Å². The van der Waals surface area contributed by atoms with E-state index in [1.807, 2.05) is 56.3 Å². The third-order valence-electron chi connectivity index (χ3n) is 2.83. The van der Waals surface area contributed by atoms with E-state index in [0.29, 0.717) is 12.3 Å². The zero-order valence-corrected chi connectivity index (χ0v) is 13.0. The summed E-state index contributed by atoms with van der Waals surface area (Å²) in [6, 6.07) is 13.5. The minimum Gasteiger partial charge on any atom is -0.399 e. The monoisotopic (exact) mass is 297 g/mol. The molecule has 0 saturated carbocycles. The Balaban J connectivity index is 2.37. The first-order chi connectivity index (χ1) is 10.7. The van der Waals surface area contributed by atoms with E-state index in [9.17, 15) is 0 Å². The molecule has 0 saturated heterocycles. The maximum absolute atomic E-state index is 5.36. The quantitative estimate of drug-likeness (QED) is 0.606. The third kappa shape index (κ3) is 4.15. The molecule has 0 N–H and O–H groups in total. The summed E-state index contributed by atoms with van der Waals surface area (Å²) in [5.41, 5.74) is 4.15. The Morgan fingerprint density at radius 3 is 2.50 bits per heavy atom. The normalized spacial score (nSPS) is 11.0. The van der Waals surface area contributed by atoms with Gasteiger partial charge in [-0.1, -0.05) is 40.6 Å². The van der Waals surface area contributed by atoms with Crippen molar-refractivity contribution >= 4 is 11.4 Å². The minimum absolute atomic E-state index is 0.358. The number of hydrogen-bond donors (Lipinski definition) is 0. The van der Waals surface area contributed by atoms with Crippen LogP contribution < -0.4 is 0 Å². The highest BCUT2D eigenvalue weighted by Gasteiger charge is 2.13. The van der Waals surface area contributed by atoms with E-state index in [1.54, 1.807) is 6.20 Å². The largest absolute Gasteiger partial charge is 0.399 e. The summed E-state index contributed by atoms with van der Waals surface area (Å²) < 4.78 is 0. The van der Waals surface area contributed by atoms with Gasteiger partial charge in [-0.05, 0) is 26.0 Å². The molecule has 2 aromatic rings. The van der Waals surface area contributed by atoms with Crippen LogP contribution in [-0.2, 0) is 16.3 Å². The molecule has 2 rings (SSSR count). The first kappa shape index (κ1) is 15.7. The van der Waals surface area contributed by atoms with Crippen LogP contribution in [0.5, 0.6) is 0 Å². The molecule has 0 amide bonds. The Morgan fingerprint density at radius 2 is 1.82 bits per heavy atom. The zero-order chi connectivity index (χ0) is 15.8. The molecular weight excluding hydrogens is 278 g/mol. The molecule has 1 aromatic heterocycles. The molecule has 1 heterocycles. The highest BCUT2D eigenvalue weighted by Crippen LogP contribution is 2.16. The molecule has 1 aromatic carbocycles. The number of rotatable bonds is 6. The van der Waals surface area contributed by atoms with Gasteiger partial charge in [-0.25, -0.2) is 0 Å². The summed E-state index contributed by atoms with van der Waals surface area (Å²) >= 11 is 0. The van der Waals surface area contributed by atoms with E-state index >= 15 is 0 Å². The van der Waals surface area contributed by atoms with E-state index < -0.39 is 0 Å². The van der Waals surface area contributed by atoms with Gasteiger partial charge in [0.15, 0.2) is 0 Å². The molecule has 0 atom stereocenters. The van der Waals surface area contributed by atoms with Crippen LogP contribution in [0.4, 0.5) is 0 Å². The predicted molar refractivity (Wildman–Crippen MR) is 86.9 cm³/mol. The average molecular weight is 297 g/mol. The van der Waals surface area contributed by atoms with Crippen LogP contribution in [0.1, 0.15) is 30.7 Å². The van der Waals surface area contributed by atoms with Crippen LogP contribution in [0.2, 0.25) is 0 Å². The van der Waals surface area contributed by atoms with E-state index in [4.69, 9.17) is 9.68 Å². The molecule has 114 valence electrons. The van der Waals surface area contributed by atoms with Crippen molar-refractivity contribution in [2.75, 3.05) is 7.11 Å². The van der Waals surface area contributed by atoms with Crippen molar-refractivity contribution in [3.63, 3.8) is 0 Å².